The van der Waals surface area contributed by atoms with Crippen molar-refractivity contribution in [1.82, 2.24) is 9.80 Å². The van der Waals surface area contributed by atoms with E-state index in [1.165, 1.54) is 9.80 Å². The molecule has 3 aliphatic heterocycles. The molecule has 0 aromatic heterocycles. The van der Waals surface area contributed by atoms with E-state index in [1.54, 1.807) is 54.4 Å². The molecule has 12 nitrogen and oxygen atoms in total. The summed E-state index contributed by atoms with van der Waals surface area (Å²) in [7, 11) is 1.71. The van der Waals surface area contributed by atoms with Crippen LogP contribution in [0.3, 0.4) is 0 Å². The van der Waals surface area contributed by atoms with E-state index in [9.17, 15) is 24.3 Å². The monoisotopic (exact) mass is 534 g/mol. The zero-order valence-electron chi connectivity index (χ0n) is 21.5. The van der Waals surface area contributed by atoms with E-state index in [2.05, 4.69) is 10.3 Å². The molecule has 3 aliphatic rings. The number of amidine groups is 1. The van der Waals surface area contributed by atoms with Crippen LogP contribution >= 0.6 is 0 Å². The standard InChI is InChI=1S/C27H30N6O6/c1-31-7-8-32(15-22(31)35)21(34)12-16-3-2-4-19(11-16)33-9-10-39-24(27(33)38)23(36)26(37)30-18-5-6-20-17(13-18)14-29-25(20)28/h2-6,11,13,23-24,36H,7-10,12,14-15H2,1H3,(H2,28,29)(H,30,37)/t23?,24-/m1/s1. The second-order valence-electron chi connectivity index (χ2n) is 9.77. The summed E-state index contributed by atoms with van der Waals surface area (Å²) in [5, 5.41) is 13.3. The fourth-order valence-electron chi connectivity index (χ4n) is 4.84. The molecule has 204 valence electrons. The van der Waals surface area contributed by atoms with Crippen molar-refractivity contribution < 1.29 is 29.0 Å². The minimum atomic E-state index is -1.74. The van der Waals surface area contributed by atoms with E-state index in [0.717, 1.165) is 11.1 Å². The molecule has 2 fully saturated rings. The maximum Gasteiger partial charge on any atom is 0.259 e. The number of anilines is 2. The molecule has 0 aliphatic carbocycles. The van der Waals surface area contributed by atoms with Crippen molar-refractivity contribution in [3.8, 4) is 0 Å². The lowest BCUT2D eigenvalue weighted by atomic mass is 10.1. The van der Waals surface area contributed by atoms with Gasteiger partial charge in [0.05, 0.1) is 26.1 Å². The molecule has 4 N–H and O–H groups in total. The Morgan fingerprint density at radius 1 is 1.18 bits per heavy atom. The number of nitrogens with zero attached hydrogens (tertiary/aromatic N) is 4. The Hall–Kier alpha value is -4.29. The Morgan fingerprint density at radius 3 is 2.79 bits per heavy atom. The van der Waals surface area contributed by atoms with Gasteiger partial charge in [-0.15, -0.1) is 0 Å². The minimum Gasteiger partial charge on any atom is -0.383 e. The number of carbonyl (C=O) groups excluding carboxylic acids is 4. The van der Waals surface area contributed by atoms with Crippen molar-refractivity contribution in [1.29, 1.82) is 0 Å². The smallest absolute Gasteiger partial charge is 0.259 e. The molecular weight excluding hydrogens is 504 g/mol. The van der Waals surface area contributed by atoms with Crippen LogP contribution in [0.15, 0.2) is 47.5 Å². The average molecular weight is 535 g/mol. The summed E-state index contributed by atoms with van der Waals surface area (Å²) in [5.41, 5.74) is 9.14. The van der Waals surface area contributed by atoms with Crippen LogP contribution in [0.25, 0.3) is 0 Å². The number of aliphatic hydroxyl groups is 1. The summed E-state index contributed by atoms with van der Waals surface area (Å²) in [5.74, 6) is -1.18. The van der Waals surface area contributed by atoms with Crippen LogP contribution in [0.2, 0.25) is 0 Å². The Labute approximate surface area is 225 Å². The van der Waals surface area contributed by atoms with Crippen molar-refractivity contribution in [2.24, 2.45) is 10.7 Å². The first-order chi connectivity index (χ1) is 18.7. The number of hydrogen-bond donors (Lipinski definition) is 3. The Morgan fingerprint density at radius 2 is 2.00 bits per heavy atom. The second-order valence-corrected chi connectivity index (χ2v) is 9.77. The van der Waals surface area contributed by atoms with Crippen molar-refractivity contribution >= 4 is 40.8 Å². The Bertz CT molecular complexity index is 1360. The molecule has 2 saturated heterocycles. The number of likely N-dealkylation sites (N-methyl/N-ethyl adjacent to an activating group) is 1. The van der Waals surface area contributed by atoms with Gasteiger partial charge in [0.2, 0.25) is 11.8 Å². The molecule has 12 heteroatoms. The van der Waals surface area contributed by atoms with E-state index < -0.39 is 24.0 Å². The van der Waals surface area contributed by atoms with Crippen molar-refractivity contribution in [2.45, 2.75) is 25.2 Å². The molecule has 0 spiro atoms. The van der Waals surface area contributed by atoms with Crippen molar-refractivity contribution in [3.05, 3.63) is 59.2 Å². The van der Waals surface area contributed by atoms with E-state index in [0.29, 0.717) is 42.4 Å². The first-order valence-electron chi connectivity index (χ1n) is 12.7. The third-order valence-corrected chi connectivity index (χ3v) is 7.13. The van der Waals surface area contributed by atoms with Gasteiger partial charge >= 0.3 is 0 Å². The van der Waals surface area contributed by atoms with E-state index in [1.807, 2.05) is 0 Å². The number of aliphatic hydroxyl groups excluding tert-OH is 1. The van der Waals surface area contributed by atoms with Gasteiger partial charge < -0.3 is 35.6 Å². The molecule has 3 heterocycles. The highest BCUT2D eigenvalue weighted by molar-refractivity contribution is 6.05. The number of morpholine rings is 1. The molecule has 2 aromatic carbocycles. The number of ether oxygens (including phenoxy) is 1. The molecule has 2 atom stereocenters. The number of rotatable bonds is 6. The Kier molecular flexibility index (Phi) is 7.31. The number of aliphatic imine (C=N–C) groups is 1. The molecule has 0 bridgehead atoms. The molecule has 4 amide bonds. The normalized spacial score (nSPS) is 20.0. The molecule has 0 saturated carbocycles. The summed E-state index contributed by atoms with van der Waals surface area (Å²) < 4.78 is 5.51. The van der Waals surface area contributed by atoms with E-state index in [4.69, 9.17) is 10.5 Å². The molecule has 5 rings (SSSR count). The molecule has 2 aromatic rings. The minimum absolute atomic E-state index is 0.0475. The van der Waals surface area contributed by atoms with Gasteiger partial charge in [-0.25, -0.2) is 0 Å². The summed E-state index contributed by atoms with van der Waals surface area (Å²) in [4.78, 5) is 59.5. The summed E-state index contributed by atoms with van der Waals surface area (Å²) in [6, 6.07) is 12.1. The SMILES string of the molecule is CN1CCN(C(=O)Cc2cccc(N3CCO[C@H](C(O)C(=O)Nc4ccc5c(c4)CN=C5N)C3=O)c2)CC1=O. The largest absolute Gasteiger partial charge is 0.383 e. The highest BCUT2D eigenvalue weighted by Gasteiger charge is 2.39. The summed E-state index contributed by atoms with van der Waals surface area (Å²) in [6.07, 6.45) is -3.06. The van der Waals surface area contributed by atoms with E-state index in [-0.39, 0.29) is 37.9 Å². The van der Waals surface area contributed by atoms with Gasteiger partial charge in [0.1, 0.15) is 5.84 Å². The van der Waals surface area contributed by atoms with Gasteiger partial charge in [-0.2, -0.15) is 0 Å². The number of nitrogens with two attached hydrogens (primary N) is 1. The van der Waals surface area contributed by atoms with Crippen LogP contribution in [-0.2, 0) is 36.9 Å². The topological polar surface area (TPSA) is 158 Å². The van der Waals surface area contributed by atoms with Gasteiger partial charge in [0, 0.05) is 43.6 Å². The fourth-order valence-corrected chi connectivity index (χ4v) is 4.84. The molecule has 1 unspecified atom stereocenters. The van der Waals surface area contributed by atoms with Gasteiger partial charge in [0.25, 0.3) is 11.8 Å². The highest BCUT2D eigenvalue weighted by atomic mass is 16.5. The quantitative estimate of drug-likeness (QED) is 0.450. The maximum atomic E-state index is 13.3. The zero-order valence-corrected chi connectivity index (χ0v) is 21.5. The van der Waals surface area contributed by atoms with Crippen LogP contribution in [0, 0.1) is 0 Å². The number of piperazine rings is 1. The Balaban J connectivity index is 1.23. The molecular formula is C27H30N6O6. The lowest BCUT2D eigenvalue weighted by molar-refractivity contribution is -0.150. The zero-order chi connectivity index (χ0) is 27.7. The highest BCUT2D eigenvalue weighted by Crippen LogP contribution is 2.24. The molecule has 39 heavy (non-hydrogen) atoms. The average Bonchev–Trinajstić information content (AvgIpc) is 3.29. The van der Waals surface area contributed by atoms with Crippen LogP contribution in [-0.4, -0.2) is 96.4 Å². The fraction of sp³-hybridized carbons (Fsp3) is 0.370. The van der Waals surface area contributed by atoms with Gasteiger partial charge in [-0.3, -0.25) is 24.2 Å². The number of fused-ring (bicyclic) bond motifs is 1. The van der Waals surface area contributed by atoms with Crippen LogP contribution < -0.4 is 16.0 Å². The van der Waals surface area contributed by atoms with Crippen LogP contribution in [0.5, 0.6) is 0 Å². The number of hydrogen-bond acceptors (Lipinski definition) is 8. The maximum absolute atomic E-state index is 13.3. The van der Waals surface area contributed by atoms with Crippen molar-refractivity contribution in [3.63, 3.8) is 0 Å². The van der Waals surface area contributed by atoms with Gasteiger partial charge in [-0.05, 0) is 41.5 Å². The summed E-state index contributed by atoms with van der Waals surface area (Å²) in [6.45, 7) is 1.75. The van der Waals surface area contributed by atoms with Gasteiger partial charge in [-0.1, -0.05) is 12.1 Å². The third-order valence-electron chi connectivity index (χ3n) is 7.13. The predicted molar refractivity (Wildman–Crippen MR) is 142 cm³/mol. The molecule has 0 radical (unpaired) electrons. The van der Waals surface area contributed by atoms with Crippen molar-refractivity contribution in [2.75, 3.05) is 50.1 Å². The number of carbonyl (C=O) groups is 4. The first kappa shape index (κ1) is 26.3. The van der Waals surface area contributed by atoms with Gasteiger partial charge in [0.15, 0.2) is 12.2 Å². The lowest BCUT2D eigenvalue weighted by Crippen LogP contribution is -2.55. The van der Waals surface area contributed by atoms with Crippen LogP contribution in [0.4, 0.5) is 11.4 Å². The predicted octanol–water partition coefficient (Wildman–Crippen LogP) is -0.520. The number of benzene rings is 2. The van der Waals surface area contributed by atoms with E-state index >= 15 is 0 Å². The number of nitrogens with one attached hydrogen (secondary N) is 1. The second kappa shape index (κ2) is 10.8. The number of amides is 4. The first-order valence-corrected chi connectivity index (χ1v) is 12.7. The lowest BCUT2D eigenvalue weighted by Gasteiger charge is -2.34. The summed E-state index contributed by atoms with van der Waals surface area (Å²) >= 11 is 0. The van der Waals surface area contributed by atoms with Crippen LogP contribution in [0.1, 0.15) is 16.7 Å². The third kappa shape index (κ3) is 5.47.